The lowest BCUT2D eigenvalue weighted by Crippen LogP contribution is -2.23. The third-order valence-corrected chi connectivity index (χ3v) is 3.04. The van der Waals surface area contributed by atoms with Crippen LogP contribution in [0.3, 0.4) is 0 Å². The van der Waals surface area contributed by atoms with Crippen LogP contribution in [-0.4, -0.2) is 15.9 Å². The van der Waals surface area contributed by atoms with E-state index < -0.39 is 17.5 Å². The van der Waals surface area contributed by atoms with Gasteiger partial charge in [-0.1, -0.05) is 12.1 Å². The van der Waals surface area contributed by atoms with Gasteiger partial charge >= 0.3 is 0 Å². The smallest absolute Gasteiger partial charge is 0.251 e. The van der Waals surface area contributed by atoms with Crippen molar-refractivity contribution in [2.45, 2.75) is 6.54 Å². The van der Waals surface area contributed by atoms with Crippen molar-refractivity contribution in [3.8, 4) is 0 Å². The monoisotopic (exact) mass is 287 g/mol. The van der Waals surface area contributed by atoms with Crippen LogP contribution in [-0.2, 0) is 6.54 Å². The summed E-state index contributed by atoms with van der Waals surface area (Å²) >= 11 is 0. The molecule has 0 bridgehead atoms. The molecule has 0 aliphatic rings. The summed E-state index contributed by atoms with van der Waals surface area (Å²) in [5.74, 6) is -1.93. The summed E-state index contributed by atoms with van der Waals surface area (Å²) in [5, 5.41) is 2.60. The Labute approximate surface area is 118 Å². The molecule has 0 saturated carbocycles. The predicted molar refractivity (Wildman–Crippen MR) is 73.6 cm³/mol. The summed E-state index contributed by atoms with van der Waals surface area (Å²) in [7, 11) is 0. The molecule has 21 heavy (non-hydrogen) atoms. The Hall–Kier alpha value is -2.76. The molecular weight excluding hydrogens is 276 g/mol. The highest BCUT2D eigenvalue weighted by atomic mass is 19.2. The van der Waals surface area contributed by atoms with Gasteiger partial charge in [-0.3, -0.25) is 4.79 Å². The minimum Gasteiger partial charge on any atom is -0.345 e. The van der Waals surface area contributed by atoms with E-state index in [0.717, 1.165) is 23.2 Å². The highest BCUT2D eigenvalue weighted by molar-refractivity contribution is 5.94. The van der Waals surface area contributed by atoms with E-state index in [2.05, 4.69) is 15.3 Å². The lowest BCUT2D eigenvalue weighted by atomic mass is 10.2. The number of imidazole rings is 1. The number of H-pyrrole nitrogens is 1. The second-order valence-corrected chi connectivity index (χ2v) is 4.51. The van der Waals surface area contributed by atoms with Crippen LogP contribution < -0.4 is 5.32 Å². The average molecular weight is 287 g/mol. The normalized spacial score (nSPS) is 10.8. The summed E-state index contributed by atoms with van der Waals surface area (Å²) in [6.07, 6.45) is 0. The fraction of sp³-hybridized carbons (Fsp3) is 0.0667. The maximum Gasteiger partial charge on any atom is 0.251 e. The van der Waals surface area contributed by atoms with Crippen LogP contribution in [0.4, 0.5) is 8.78 Å². The molecule has 0 spiro atoms. The molecule has 0 unspecified atom stereocenters. The molecule has 1 heterocycles. The number of amides is 1. The topological polar surface area (TPSA) is 57.8 Å². The Morgan fingerprint density at radius 2 is 1.95 bits per heavy atom. The molecular formula is C15H11F2N3O. The van der Waals surface area contributed by atoms with Gasteiger partial charge in [-0.15, -0.1) is 0 Å². The number of aromatic amines is 1. The molecule has 0 radical (unpaired) electrons. The van der Waals surface area contributed by atoms with Gasteiger partial charge in [0.2, 0.25) is 0 Å². The van der Waals surface area contributed by atoms with Crippen molar-refractivity contribution in [2.24, 2.45) is 0 Å². The molecule has 106 valence electrons. The number of benzene rings is 2. The Bertz CT molecular complexity index is 781. The Balaban J connectivity index is 1.71. The van der Waals surface area contributed by atoms with Crippen LogP contribution in [0.1, 0.15) is 16.2 Å². The van der Waals surface area contributed by atoms with E-state index in [4.69, 9.17) is 0 Å². The maximum absolute atomic E-state index is 13.1. The predicted octanol–water partition coefficient (Wildman–Crippen LogP) is 2.77. The molecule has 1 aromatic heterocycles. The van der Waals surface area contributed by atoms with Crippen LogP contribution in [0.5, 0.6) is 0 Å². The van der Waals surface area contributed by atoms with E-state index in [9.17, 15) is 13.6 Å². The Morgan fingerprint density at radius 3 is 2.71 bits per heavy atom. The summed E-state index contributed by atoms with van der Waals surface area (Å²) in [6, 6.07) is 10.5. The maximum atomic E-state index is 13.1. The van der Waals surface area contributed by atoms with Crippen LogP contribution >= 0.6 is 0 Å². The summed E-state index contributed by atoms with van der Waals surface area (Å²) in [4.78, 5) is 19.2. The number of carbonyl (C=O) groups is 1. The molecule has 0 aliphatic carbocycles. The number of halogens is 2. The number of nitrogens with one attached hydrogen (secondary N) is 2. The fourth-order valence-electron chi connectivity index (χ4n) is 1.99. The zero-order chi connectivity index (χ0) is 14.8. The van der Waals surface area contributed by atoms with Gasteiger partial charge < -0.3 is 10.3 Å². The van der Waals surface area contributed by atoms with Crippen molar-refractivity contribution in [3.05, 3.63) is 65.5 Å². The van der Waals surface area contributed by atoms with Gasteiger partial charge in [0.1, 0.15) is 5.82 Å². The fourth-order valence-corrected chi connectivity index (χ4v) is 1.99. The molecule has 3 rings (SSSR count). The van der Waals surface area contributed by atoms with Gasteiger partial charge in [0.15, 0.2) is 11.6 Å². The molecule has 0 aliphatic heterocycles. The van der Waals surface area contributed by atoms with Crippen LogP contribution in [0, 0.1) is 11.6 Å². The van der Waals surface area contributed by atoms with Crippen molar-refractivity contribution in [3.63, 3.8) is 0 Å². The highest BCUT2D eigenvalue weighted by Crippen LogP contribution is 2.11. The van der Waals surface area contributed by atoms with E-state index in [1.807, 2.05) is 24.3 Å². The van der Waals surface area contributed by atoms with Crippen LogP contribution in [0.15, 0.2) is 42.5 Å². The molecule has 3 aromatic rings. The standard InChI is InChI=1S/C15H11F2N3O/c16-10-6-5-9(7-11(10)17)15(21)18-8-14-19-12-3-1-2-4-13(12)20-14/h1-7H,8H2,(H,18,21)(H,19,20). The van der Waals surface area contributed by atoms with E-state index >= 15 is 0 Å². The summed E-state index contributed by atoms with van der Waals surface area (Å²) in [5.41, 5.74) is 1.73. The van der Waals surface area contributed by atoms with Crippen molar-refractivity contribution < 1.29 is 13.6 Å². The molecule has 4 nitrogen and oxygen atoms in total. The molecule has 0 fully saturated rings. The minimum absolute atomic E-state index is 0.0602. The zero-order valence-corrected chi connectivity index (χ0v) is 10.9. The summed E-state index contributed by atoms with van der Waals surface area (Å²) < 4.78 is 25.9. The highest BCUT2D eigenvalue weighted by Gasteiger charge is 2.10. The van der Waals surface area contributed by atoms with Gasteiger partial charge in [0.25, 0.3) is 5.91 Å². The third-order valence-electron chi connectivity index (χ3n) is 3.04. The third kappa shape index (κ3) is 2.74. The van der Waals surface area contributed by atoms with Gasteiger partial charge in [-0.05, 0) is 30.3 Å². The second kappa shape index (κ2) is 5.32. The Kier molecular flexibility index (Phi) is 3.35. The number of nitrogens with zero attached hydrogens (tertiary/aromatic N) is 1. The van der Waals surface area contributed by atoms with Crippen molar-refractivity contribution >= 4 is 16.9 Å². The first-order valence-electron chi connectivity index (χ1n) is 6.30. The van der Waals surface area contributed by atoms with Crippen molar-refractivity contribution in [1.82, 2.24) is 15.3 Å². The average Bonchev–Trinajstić information content (AvgIpc) is 2.90. The van der Waals surface area contributed by atoms with Gasteiger partial charge in [-0.25, -0.2) is 13.8 Å². The van der Waals surface area contributed by atoms with Crippen LogP contribution in [0.25, 0.3) is 11.0 Å². The molecule has 1 amide bonds. The van der Waals surface area contributed by atoms with Crippen molar-refractivity contribution in [2.75, 3.05) is 0 Å². The molecule has 6 heteroatoms. The zero-order valence-electron chi connectivity index (χ0n) is 10.9. The molecule has 0 atom stereocenters. The Morgan fingerprint density at radius 1 is 1.14 bits per heavy atom. The first-order chi connectivity index (χ1) is 10.1. The quantitative estimate of drug-likeness (QED) is 0.778. The lowest BCUT2D eigenvalue weighted by molar-refractivity contribution is 0.0949. The number of aromatic nitrogens is 2. The number of rotatable bonds is 3. The largest absolute Gasteiger partial charge is 0.345 e. The lowest BCUT2D eigenvalue weighted by Gasteiger charge is -2.03. The molecule has 2 aromatic carbocycles. The first kappa shape index (κ1) is 13.2. The van der Waals surface area contributed by atoms with Crippen LogP contribution in [0.2, 0.25) is 0 Å². The number of para-hydroxylation sites is 2. The second-order valence-electron chi connectivity index (χ2n) is 4.51. The van der Waals surface area contributed by atoms with Gasteiger partial charge in [0, 0.05) is 5.56 Å². The summed E-state index contributed by atoms with van der Waals surface area (Å²) in [6.45, 7) is 0.173. The SMILES string of the molecule is O=C(NCc1nc2ccccc2[nH]1)c1ccc(F)c(F)c1. The van der Waals surface area contributed by atoms with E-state index in [-0.39, 0.29) is 12.1 Å². The van der Waals surface area contributed by atoms with Crippen molar-refractivity contribution in [1.29, 1.82) is 0 Å². The van der Waals surface area contributed by atoms with Gasteiger partial charge in [0.05, 0.1) is 17.6 Å². The minimum atomic E-state index is -1.05. The number of hydrogen-bond donors (Lipinski definition) is 2. The number of carbonyl (C=O) groups excluding carboxylic acids is 1. The van der Waals surface area contributed by atoms with Gasteiger partial charge in [-0.2, -0.15) is 0 Å². The van der Waals surface area contributed by atoms with E-state index in [0.29, 0.717) is 5.82 Å². The molecule has 2 N–H and O–H groups in total. The first-order valence-corrected chi connectivity index (χ1v) is 6.30. The van der Waals surface area contributed by atoms with E-state index in [1.165, 1.54) is 6.07 Å². The number of hydrogen-bond acceptors (Lipinski definition) is 2. The van der Waals surface area contributed by atoms with E-state index in [1.54, 1.807) is 0 Å². The molecule has 0 saturated heterocycles. The number of fused-ring (bicyclic) bond motifs is 1.